The third-order valence-corrected chi connectivity index (χ3v) is 2.36. The summed E-state index contributed by atoms with van der Waals surface area (Å²) in [7, 11) is 0. The van der Waals surface area contributed by atoms with Crippen molar-refractivity contribution in [3.63, 3.8) is 0 Å². The van der Waals surface area contributed by atoms with Gasteiger partial charge in [0.2, 0.25) is 0 Å². The maximum absolute atomic E-state index is 13.0. The van der Waals surface area contributed by atoms with Gasteiger partial charge in [-0.15, -0.1) is 11.8 Å². The molecule has 14 heavy (non-hydrogen) atoms. The average molecular weight is 214 g/mol. The largest absolute Gasteiger partial charge is 0.475 e. The summed E-state index contributed by atoms with van der Waals surface area (Å²) in [6.45, 7) is 0. The van der Waals surface area contributed by atoms with Gasteiger partial charge in [-0.3, -0.25) is 4.79 Å². The Morgan fingerprint density at radius 2 is 2.07 bits per heavy atom. The van der Waals surface area contributed by atoms with E-state index in [0.29, 0.717) is 0 Å². The standard InChI is InChI=1S/C9H7FO3S/c1-14-7-4-5(2-3-6(7)10)8(11)9(12)13/h2-4H,1H3,(H,12,13). The Labute approximate surface area is 83.9 Å². The molecule has 74 valence electrons. The molecule has 1 aromatic rings. The molecule has 0 aliphatic heterocycles. The van der Waals surface area contributed by atoms with E-state index in [4.69, 9.17) is 5.11 Å². The highest BCUT2D eigenvalue weighted by atomic mass is 32.2. The van der Waals surface area contributed by atoms with Gasteiger partial charge in [-0.1, -0.05) is 0 Å². The molecule has 0 fully saturated rings. The summed E-state index contributed by atoms with van der Waals surface area (Å²) in [6.07, 6.45) is 1.65. The van der Waals surface area contributed by atoms with Gasteiger partial charge in [-0.25, -0.2) is 9.18 Å². The fourth-order valence-electron chi connectivity index (χ4n) is 0.925. The molecule has 0 bridgehead atoms. The lowest BCUT2D eigenvalue weighted by atomic mass is 10.1. The van der Waals surface area contributed by atoms with E-state index in [2.05, 4.69) is 0 Å². The molecule has 0 aromatic heterocycles. The zero-order chi connectivity index (χ0) is 10.7. The highest BCUT2D eigenvalue weighted by Gasteiger charge is 2.15. The summed E-state index contributed by atoms with van der Waals surface area (Å²) < 4.78 is 13.0. The molecule has 0 saturated carbocycles. The number of Topliss-reactive ketones (excluding diaryl/α,β-unsaturated/α-hetero) is 1. The summed E-state index contributed by atoms with van der Waals surface area (Å²) in [5.74, 6) is -3.02. The van der Waals surface area contributed by atoms with Gasteiger partial charge in [0.15, 0.2) is 0 Å². The van der Waals surface area contributed by atoms with Crippen LogP contribution in [-0.4, -0.2) is 23.1 Å². The number of benzene rings is 1. The number of carboxylic acid groups (broad SMARTS) is 1. The van der Waals surface area contributed by atoms with Crippen LogP contribution in [0.3, 0.4) is 0 Å². The summed E-state index contributed by atoms with van der Waals surface area (Å²) in [5, 5.41) is 8.42. The van der Waals surface area contributed by atoms with Gasteiger partial charge in [-0.05, 0) is 24.5 Å². The lowest BCUT2D eigenvalue weighted by Crippen LogP contribution is -2.12. The molecule has 0 saturated heterocycles. The smallest absolute Gasteiger partial charge is 0.377 e. The Balaban J connectivity index is 3.12. The molecule has 0 aliphatic carbocycles. The summed E-state index contributed by atoms with van der Waals surface area (Å²) in [4.78, 5) is 21.6. The highest BCUT2D eigenvalue weighted by Crippen LogP contribution is 2.20. The third kappa shape index (κ3) is 2.11. The van der Waals surface area contributed by atoms with Crippen molar-refractivity contribution < 1.29 is 19.1 Å². The maximum atomic E-state index is 13.0. The fraction of sp³-hybridized carbons (Fsp3) is 0.111. The topological polar surface area (TPSA) is 54.4 Å². The first kappa shape index (κ1) is 10.7. The first-order valence-electron chi connectivity index (χ1n) is 3.67. The molecule has 1 aromatic carbocycles. The number of ketones is 1. The predicted octanol–water partition coefficient (Wildman–Crippen LogP) is 1.81. The zero-order valence-electron chi connectivity index (χ0n) is 7.28. The number of hydrogen-bond donors (Lipinski definition) is 1. The number of hydrogen-bond acceptors (Lipinski definition) is 3. The van der Waals surface area contributed by atoms with Crippen molar-refractivity contribution in [3.8, 4) is 0 Å². The van der Waals surface area contributed by atoms with Crippen molar-refractivity contribution in [2.24, 2.45) is 0 Å². The first-order valence-corrected chi connectivity index (χ1v) is 4.90. The molecule has 0 radical (unpaired) electrons. The predicted molar refractivity (Wildman–Crippen MR) is 50.1 cm³/mol. The van der Waals surface area contributed by atoms with Gasteiger partial charge in [0, 0.05) is 10.5 Å². The summed E-state index contributed by atoms with van der Waals surface area (Å²) in [6, 6.07) is 3.48. The van der Waals surface area contributed by atoms with E-state index in [1.54, 1.807) is 6.26 Å². The first-order chi connectivity index (χ1) is 6.56. The Morgan fingerprint density at radius 1 is 1.43 bits per heavy atom. The molecule has 0 spiro atoms. The third-order valence-electron chi connectivity index (χ3n) is 1.61. The van der Waals surface area contributed by atoms with Gasteiger partial charge >= 0.3 is 5.97 Å². The molecular weight excluding hydrogens is 207 g/mol. The van der Waals surface area contributed by atoms with E-state index in [1.807, 2.05) is 0 Å². The van der Waals surface area contributed by atoms with Crippen LogP contribution in [0.5, 0.6) is 0 Å². The minimum Gasteiger partial charge on any atom is -0.475 e. The minimum atomic E-state index is -1.54. The SMILES string of the molecule is CSc1cc(C(=O)C(=O)O)ccc1F. The van der Waals surface area contributed by atoms with Gasteiger partial charge in [0.05, 0.1) is 0 Å². The van der Waals surface area contributed by atoms with Gasteiger partial charge < -0.3 is 5.11 Å². The lowest BCUT2D eigenvalue weighted by Gasteiger charge is -2.00. The molecule has 0 atom stereocenters. The number of carboxylic acids is 1. The average Bonchev–Trinajstić information content (AvgIpc) is 2.17. The van der Waals surface area contributed by atoms with Crippen LogP contribution in [0.4, 0.5) is 4.39 Å². The summed E-state index contributed by atoms with van der Waals surface area (Å²) >= 11 is 1.12. The Bertz CT molecular complexity index is 390. The van der Waals surface area contributed by atoms with Crippen LogP contribution in [0.1, 0.15) is 10.4 Å². The van der Waals surface area contributed by atoms with Gasteiger partial charge in [0.25, 0.3) is 5.78 Å². The van der Waals surface area contributed by atoms with Crippen LogP contribution in [0.15, 0.2) is 23.1 Å². The van der Waals surface area contributed by atoms with Crippen LogP contribution in [0.25, 0.3) is 0 Å². The molecule has 0 unspecified atom stereocenters. The van der Waals surface area contributed by atoms with E-state index in [0.717, 1.165) is 23.9 Å². The van der Waals surface area contributed by atoms with E-state index in [-0.39, 0.29) is 10.5 Å². The quantitative estimate of drug-likeness (QED) is 0.473. The van der Waals surface area contributed by atoms with E-state index < -0.39 is 17.6 Å². The van der Waals surface area contributed by atoms with Crippen LogP contribution < -0.4 is 0 Å². The van der Waals surface area contributed by atoms with E-state index in [1.165, 1.54) is 6.07 Å². The molecule has 1 N–H and O–H groups in total. The molecule has 1 rings (SSSR count). The van der Waals surface area contributed by atoms with Crippen LogP contribution in [0, 0.1) is 5.82 Å². The van der Waals surface area contributed by atoms with Crippen molar-refractivity contribution in [2.75, 3.05) is 6.26 Å². The second-order valence-corrected chi connectivity index (χ2v) is 3.33. The molecular formula is C9H7FO3S. The zero-order valence-corrected chi connectivity index (χ0v) is 8.10. The Kier molecular flexibility index (Phi) is 3.24. The van der Waals surface area contributed by atoms with Crippen LogP contribution in [-0.2, 0) is 4.79 Å². The second-order valence-electron chi connectivity index (χ2n) is 2.48. The molecule has 0 heterocycles. The number of aliphatic carboxylic acids is 1. The molecule has 0 amide bonds. The van der Waals surface area contributed by atoms with Gasteiger partial charge in [0.1, 0.15) is 5.82 Å². The van der Waals surface area contributed by atoms with Crippen molar-refractivity contribution in [3.05, 3.63) is 29.6 Å². The monoisotopic (exact) mass is 214 g/mol. The minimum absolute atomic E-state index is 0.0109. The molecule has 5 heteroatoms. The van der Waals surface area contributed by atoms with Crippen molar-refractivity contribution in [2.45, 2.75) is 4.90 Å². The Morgan fingerprint density at radius 3 is 2.57 bits per heavy atom. The number of carbonyl (C=O) groups excluding carboxylic acids is 1. The van der Waals surface area contributed by atoms with Crippen LogP contribution in [0.2, 0.25) is 0 Å². The molecule has 3 nitrogen and oxygen atoms in total. The second kappa shape index (κ2) is 4.23. The molecule has 0 aliphatic rings. The van der Waals surface area contributed by atoms with E-state index >= 15 is 0 Å². The van der Waals surface area contributed by atoms with Crippen molar-refractivity contribution in [1.29, 1.82) is 0 Å². The van der Waals surface area contributed by atoms with Crippen LogP contribution >= 0.6 is 11.8 Å². The number of halogens is 1. The Hall–Kier alpha value is -1.36. The summed E-state index contributed by atoms with van der Waals surface area (Å²) in [5.41, 5.74) is -0.0109. The lowest BCUT2D eigenvalue weighted by molar-refractivity contribution is -0.131. The van der Waals surface area contributed by atoms with Crippen molar-refractivity contribution in [1.82, 2.24) is 0 Å². The highest BCUT2D eigenvalue weighted by molar-refractivity contribution is 7.98. The normalized spacial score (nSPS) is 9.86. The fourth-order valence-corrected chi connectivity index (χ4v) is 1.43. The van der Waals surface area contributed by atoms with Gasteiger partial charge in [-0.2, -0.15) is 0 Å². The van der Waals surface area contributed by atoms with E-state index in [9.17, 15) is 14.0 Å². The van der Waals surface area contributed by atoms with Crippen molar-refractivity contribution >= 4 is 23.5 Å². The number of thioether (sulfide) groups is 1. The maximum Gasteiger partial charge on any atom is 0.377 e. The number of rotatable bonds is 3. The number of carbonyl (C=O) groups is 2.